The summed E-state index contributed by atoms with van der Waals surface area (Å²) >= 11 is 3.35. The molecule has 0 aliphatic rings. The van der Waals surface area contributed by atoms with Gasteiger partial charge in [-0.1, -0.05) is 35.0 Å². The van der Waals surface area contributed by atoms with E-state index < -0.39 is 0 Å². The zero-order valence-corrected chi connectivity index (χ0v) is 12.7. The number of halogens is 1. The van der Waals surface area contributed by atoms with Gasteiger partial charge < -0.3 is 10.1 Å². The molecule has 1 amide bonds. The normalized spacial score (nSPS) is 11.7. The van der Waals surface area contributed by atoms with Gasteiger partial charge in [-0.15, -0.1) is 0 Å². The maximum Gasteiger partial charge on any atom is 0.307 e. The van der Waals surface area contributed by atoms with Gasteiger partial charge in [-0.05, 0) is 24.1 Å². The van der Waals surface area contributed by atoms with Gasteiger partial charge in [-0.25, -0.2) is 0 Å². The van der Waals surface area contributed by atoms with Crippen LogP contribution in [0.25, 0.3) is 0 Å². The van der Waals surface area contributed by atoms with Crippen molar-refractivity contribution < 1.29 is 14.3 Å². The van der Waals surface area contributed by atoms with Gasteiger partial charge in [-0.3, -0.25) is 9.59 Å². The molecule has 1 N–H and O–H groups in total. The molecule has 1 atom stereocenters. The molecule has 1 aromatic carbocycles. The summed E-state index contributed by atoms with van der Waals surface area (Å²) < 4.78 is 5.58. The molecule has 1 unspecified atom stereocenters. The van der Waals surface area contributed by atoms with Crippen LogP contribution in [0.1, 0.15) is 25.3 Å². The molecule has 0 fully saturated rings. The van der Waals surface area contributed by atoms with Gasteiger partial charge >= 0.3 is 5.97 Å². The van der Waals surface area contributed by atoms with Crippen molar-refractivity contribution in [3.63, 3.8) is 0 Å². The quantitative estimate of drug-likeness (QED) is 0.816. The molecule has 104 valence electrons. The molecule has 5 heteroatoms. The average Bonchev–Trinajstić information content (AvgIpc) is 2.40. The summed E-state index contributed by atoms with van der Waals surface area (Å²) in [5, 5.41) is 2.84. The van der Waals surface area contributed by atoms with E-state index in [2.05, 4.69) is 26.0 Å². The van der Waals surface area contributed by atoms with Gasteiger partial charge in [0.05, 0.1) is 20.0 Å². The average molecular weight is 328 g/mol. The van der Waals surface area contributed by atoms with E-state index in [1.54, 1.807) is 0 Å². The van der Waals surface area contributed by atoms with Crippen LogP contribution in [-0.2, 0) is 20.7 Å². The lowest BCUT2D eigenvalue weighted by molar-refractivity contribution is -0.141. The summed E-state index contributed by atoms with van der Waals surface area (Å²) in [6.45, 7) is 1.92. The zero-order valence-electron chi connectivity index (χ0n) is 11.1. The Morgan fingerprint density at radius 2 is 1.95 bits per heavy atom. The molecule has 0 saturated heterocycles. The summed E-state index contributed by atoms with van der Waals surface area (Å²) in [4.78, 5) is 23.0. The minimum Gasteiger partial charge on any atom is -0.469 e. The van der Waals surface area contributed by atoms with E-state index in [9.17, 15) is 9.59 Å². The smallest absolute Gasteiger partial charge is 0.307 e. The monoisotopic (exact) mass is 327 g/mol. The molecule has 4 nitrogen and oxygen atoms in total. The summed E-state index contributed by atoms with van der Waals surface area (Å²) in [7, 11) is 1.35. The molecule has 19 heavy (non-hydrogen) atoms. The topological polar surface area (TPSA) is 55.4 Å². The molecule has 0 saturated carbocycles. The van der Waals surface area contributed by atoms with E-state index in [0.29, 0.717) is 12.8 Å². The lowest BCUT2D eigenvalue weighted by atomic mass is 10.1. The number of esters is 1. The number of nitrogens with one attached hydrogen (secondary N) is 1. The second-order valence-electron chi connectivity index (χ2n) is 4.26. The number of benzene rings is 1. The third-order valence-corrected chi connectivity index (χ3v) is 3.31. The number of amides is 1. The highest BCUT2D eigenvalue weighted by Gasteiger charge is 2.15. The Labute approximate surface area is 121 Å². The third-order valence-electron chi connectivity index (χ3n) is 2.78. The largest absolute Gasteiger partial charge is 0.469 e. The van der Waals surface area contributed by atoms with Crippen LogP contribution in [0.4, 0.5) is 0 Å². The Morgan fingerprint density at radius 1 is 1.32 bits per heavy atom. The molecular weight excluding hydrogens is 310 g/mol. The third kappa shape index (κ3) is 5.87. The highest BCUT2D eigenvalue weighted by atomic mass is 79.9. The van der Waals surface area contributed by atoms with E-state index in [1.807, 2.05) is 31.2 Å². The predicted molar refractivity (Wildman–Crippen MR) is 76.7 cm³/mol. The van der Waals surface area contributed by atoms with Crippen LogP contribution < -0.4 is 5.32 Å². The molecular formula is C14H18BrNO3. The van der Waals surface area contributed by atoms with Gasteiger partial charge in [0.25, 0.3) is 0 Å². The Hall–Kier alpha value is -1.36. The molecule has 0 spiro atoms. The van der Waals surface area contributed by atoms with Crippen molar-refractivity contribution in [2.75, 3.05) is 7.11 Å². The molecule has 0 bridgehead atoms. The van der Waals surface area contributed by atoms with Gasteiger partial charge in [0, 0.05) is 10.5 Å². The van der Waals surface area contributed by atoms with Crippen LogP contribution in [0.15, 0.2) is 28.7 Å². The highest BCUT2D eigenvalue weighted by molar-refractivity contribution is 9.10. The summed E-state index contributed by atoms with van der Waals surface area (Å²) in [5.74, 6) is -0.395. The first kappa shape index (κ1) is 15.7. The lowest BCUT2D eigenvalue weighted by Gasteiger charge is -2.15. The van der Waals surface area contributed by atoms with Crippen molar-refractivity contribution in [1.82, 2.24) is 5.32 Å². The van der Waals surface area contributed by atoms with Gasteiger partial charge in [0.2, 0.25) is 5.91 Å². The standard InChI is InChI=1S/C14H18BrNO3/c1-3-12(9-14(18)19-2)16-13(17)8-10-4-6-11(15)7-5-10/h4-7,12H,3,8-9H2,1-2H3,(H,16,17). The van der Waals surface area contributed by atoms with Crippen LogP contribution in [0.2, 0.25) is 0 Å². The fraction of sp³-hybridized carbons (Fsp3) is 0.429. The van der Waals surface area contributed by atoms with Crippen LogP contribution in [0.5, 0.6) is 0 Å². The lowest BCUT2D eigenvalue weighted by Crippen LogP contribution is -2.37. The van der Waals surface area contributed by atoms with Crippen LogP contribution in [0, 0.1) is 0 Å². The maximum absolute atomic E-state index is 11.9. The van der Waals surface area contributed by atoms with E-state index in [4.69, 9.17) is 0 Å². The SMILES string of the molecule is CCC(CC(=O)OC)NC(=O)Cc1ccc(Br)cc1. The highest BCUT2D eigenvalue weighted by Crippen LogP contribution is 2.11. The minimum atomic E-state index is -0.309. The number of methoxy groups -OCH3 is 1. The number of hydrogen-bond donors (Lipinski definition) is 1. The van der Waals surface area contributed by atoms with E-state index in [-0.39, 0.29) is 24.3 Å². The molecule has 1 aromatic rings. The van der Waals surface area contributed by atoms with Crippen LogP contribution >= 0.6 is 15.9 Å². The fourth-order valence-corrected chi connectivity index (χ4v) is 1.91. The number of ether oxygens (including phenoxy) is 1. The molecule has 0 heterocycles. The van der Waals surface area contributed by atoms with E-state index in [0.717, 1.165) is 10.0 Å². The van der Waals surface area contributed by atoms with Crippen molar-refractivity contribution in [1.29, 1.82) is 0 Å². The summed E-state index contributed by atoms with van der Waals surface area (Å²) in [6, 6.07) is 7.41. The van der Waals surface area contributed by atoms with Gasteiger partial charge in [0.1, 0.15) is 0 Å². The van der Waals surface area contributed by atoms with Crippen molar-refractivity contribution >= 4 is 27.8 Å². The second kappa shape index (κ2) is 7.94. The molecule has 0 aliphatic carbocycles. The Kier molecular flexibility index (Phi) is 6.56. The first-order valence-electron chi connectivity index (χ1n) is 6.15. The van der Waals surface area contributed by atoms with Crippen molar-refractivity contribution in [2.45, 2.75) is 32.2 Å². The molecule has 1 rings (SSSR count). The van der Waals surface area contributed by atoms with E-state index in [1.165, 1.54) is 7.11 Å². The fourth-order valence-electron chi connectivity index (χ4n) is 1.65. The van der Waals surface area contributed by atoms with Crippen molar-refractivity contribution in [3.05, 3.63) is 34.3 Å². The molecule has 0 aliphatic heterocycles. The maximum atomic E-state index is 11.9. The minimum absolute atomic E-state index is 0.0851. The summed E-state index contributed by atoms with van der Waals surface area (Å²) in [5.41, 5.74) is 0.939. The van der Waals surface area contributed by atoms with Crippen molar-refractivity contribution in [3.8, 4) is 0 Å². The molecule has 0 aromatic heterocycles. The van der Waals surface area contributed by atoms with Gasteiger partial charge in [0.15, 0.2) is 0 Å². The Morgan fingerprint density at radius 3 is 2.47 bits per heavy atom. The number of rotatable bonds is 6. The Balaban J connectivity index is 2.49. The van der Waals surface area contributed by atoms with Gasteiger partial charge in [-0.2, -0.15) is 0 Å². The predicted octanol–water partition coefficient (Wildman–Crippen LogP) is 2.45. The number of carbonyl (C=O) groups is 2. The number of carbonyl (C=O) groups excluding carboxylic acids is 2. The Bertz CT molecular complexity index is 431. The van der Waals surface area contributed by atoms with E-state index >= 15 is 0 Å². The summed E-state index contributed by atoms with van der Waals surface area (Å²) in [6.07, 6.45) is 1.21. The van der Waals surface area contributed by atoms with Crippen molar-refractivity contribution in [2.24, 2.45) is 0 Å². The first-order chi connectivity index (χ1) is 9.05. The second-order valence-corrected chi connectivity index (χ2v) is 5.17. The zero-order chi connectivity index (χ0) is 14.3. The number of hydrogen-bond acceptors (Lipinski definition) is 3. The van der Waals surface area contributed by atoms with Crippen LogP contribution in [-0.4, -0.2) is 25.0 Å². The van der Waals surface area contributed by atoms with Crippen LogP contribution in [0.3, 0.4) is 0 Å². The first-order valence-corrected chi connectivity index (χ1v) is 6.95. The molecule has 0 radical (unpaired) electrons.